The fourth-order valence-corrected chi connectivity index (χ4v) is 2.93. The van der Waals surface area contributed by atoms with Gasteiger partial charge in [0, 0.05) is 5.56 Å². The van der Waals surface area contributed by atoms with Crippen LogP contribution in [0, 0.1) is 0 Å². The maximum absolute atomic E-state index is 12.7. The summed E-state index contributed by atoms with van der Waals surface area (Å²) in [5, 5.41) is 0. The second-order valence-corrected chi connectivity index (χ2v) is 5.21. The largest absolute Gasteiger partial charge is 0.493 e. The zero-order valence-corrected chi connectivity index (χ0v) is 12.3. The van der Waals surface area contributed by atoms with Gasteiger partial charge in [-0.3, -0.25) is 9.69 Å². The minimum atomic E-state index is -0.0517. The van der Waals surface area contributed by atoms with Crippen molar-refractivity contribution in [1.29, 1.82) is 0 Å². The van der Waals surface area contributed by atoms with Crippen LogP contribution in [0.4, 0.5) is 5.69 Å². The van der Waals surface area contributed by atoms with Gasteiger partial charge in [-0.05, 0) is 23.8 Å². The van der Waals surface area contributed by atoms with E-state index in [9.17, 15) is 4.79 Å². The highest BCUT2D eigenvalue weighted by Crippen LogP contribution is 2.39. The number of hydrogen-bond acceptors (Lipinski definition) is 4. The van der Waals surface area contributed by atoms with Crippen molar-refractivity contribution in [1.82, 2.24) is 4.90 Å². The molecular weight excluding hydrogens is 280 g/mol. The van der Waals surface area contributed by atoms with Crippen molar-refractivity contribution in [3.05, 3.63) is 53.1 Å². The topological polar surface area (TPSA) is 51.1 Å². The molecule has 0 aliphatic carbocycles. The highest BCUT2D eigenvalue weighted by molar-refractivity contribution is 6.24. The molecule has 0 saturated carbocycles. The molecule has 0 spiro atoms. The first kappa shape index (κ1) is 12.9. The van der Waals surface area contributed by atoms with Gasteiger partial charge in [0.2, 0.25) is 0 Å². The van der Waals surface area contributed by atoms with Gasteiger partial charge in [0.05, 0.1) is 32.0 Å². The molecule has 22 heavy (non-hydrogen) atoms. The Labute approximate surface area is 127 Å². The Balaban J connectivity index is 1.92. The maximum atomic E-state index is 12.7. The van der Waals surface area contributed by atoms with Crippen LogP contribution >= 0.6 is 0 Å². The van der Waals surface area contributed by atoms with Crippen LogP contribution in [0.2, 0.25) is 0 Å². The van der Waals surface area contributed by atoms with Crippen molar-refractivity contribution in [3.63, 3.8) is 0 Å². The van der Waals surface area contributed by atoms with Gasteiger partial charge in [-0.15, -0.1) is 0 Å². The van der Waals surface area contributed by atoms with Crippen molar-refractivity contribution in [2.45, 2.75) is 6.54 Å². The lowest BCUT2D eigenvalue weighted by atomic mass is 10.1. The Morgan fingerprint density at radius 1 is 1.05 bits per heavy atom. The van der Waals surface area contributed by atoms with Crippen molar-refractivity contribution >= 4 is 17.4 Å². The number of hydrogen-bond donors (Lipinski definition) is 0. The molecule has 0 fully saturated rings. The van der Waals surface area contributed by atoms with Gasteiger partial charge in [-0.2, -0.15) is 0 Å². The molecule has 2 aliphatic rings. The fraction of sp³-hybridized carbons (Fsp3) is 0.176. The molecule has 2 aromatic rings. The quantitative estimate of drug-likeness (QED) is 0.855. The molecule has 0 radical (unpaired) electrons. The lowest BCUT2D eigenvalue weighted by molar-refractivity contribution is 0.0851. The second-order valence-electron chi connectivity index (χ2n) is 5.21. The number of carbonyl (C=O) groups is 1. The molecule has 5 heteroatoms. The lowest BCUT2D eigenvalue weighted by Gasteiger charge is -2.23. The molecule has 2 heterocycles. The number of para-hydroxylation sites is 1. The van der Waals surface area contributed by atoms with E-state index in [4.69, 9.17) is 9.47 Å². The SMILES string of the molecule is COc1cc2c(cc1OC)C1=Nc3ccccc3CN1C2=O. The van der Waals surface area contributed by atoms with Gasteiger partial charge in [0.1, 0.15) is 5.84 Å². The van der Waals surface area contributed by atoms with E-state index in [2.05, 4.69) is 4.99 Å². The van der Waals surface area contributed by atoms with E-state index in [0.717, 1.165) is 16.8 Å². The molecule has 0 saturated heterocycles. The first-order valence-electron chi connectivity index (χ1n) is 6.98. The summed E-state index contributed by atoms with van der Waals surface area (Å²) < 4.78 is 10.6. The number of rotatable bonds is 2. The van der Waals surface area contributed by atoms with Crippen molar-refractivity contribution in [2.24, 2.45) is 4.99 Å². The minimum Gasteiger partial charge on any atom is -0.493 e. The average molecular weight is 294 g/mol. The Bertz CT molecular complexity index is 827. The summed E-state index contributed by atoms with van der Waals surface area (Å²) in [5.74, 6) is 1.77. The smallest absolute Gasteiger partial charge is 0.260 e. The Morgan fingerprint density at radius 2 is 1.73 bits per heavy atom. The molecule has 0 atom stereocenters. The number of fused-ring (bicyclic) bond motifs is 4. The number of ether oxygens (including phenoxy) is 2. The molecule has 2 aliphatic heterocycles. The molecule has 5 nitrogen and oxygen atoms in total. The summed E-state index contributed by atoms with van der Waals surface area (Å²) >= 11 is 0. The van der Waals surface area contributed by atoms with Gasteiger partial charge in [0.25, 0.3) is 5.91 Å². The first-order chi connectivity index (χ1) is 10.7. The van der Waals surface area contributed by atoms with Gasteiger partial charge >= 0.3 is 0 Å². The summed E-state index contributed by atoms with van der Waals surface area (Å²) in [6.07, 6.45) is 0. The average Bonchev–Trinajstić information content (AvgIpc) is 2.83. The molecule has 110 valence electrons. The Hall–Kier alpha value is -2.82. The van der Waals surface area contributed by atoms with Crippen molar-refractivity contribution < 1.29 is 14.3 Å². The van der Waals surface area contributed by atoms with Crippen LogP contribution in [0.1, 0.15) is 21.5 Å². The number of aliphatic imine (C=N–C) groups is 1. The third-order valence-corrected chi connectivity index (χ3v) is 4.04. The van der Waals surface area contributed by atoms with Crippen LogP contribution in [0.25, 0.3) is 0 Å². The highest BCUT2D eigenvalue weighted by atomic mass is 16.5. The summed E-state index contributed by atoms with van der Waals surface area (Å²) in [6, 6.07) is 11.4. The monoisotopic (exact) mass is 294 g/mol. The number of amides is 1. The van der Waals surface area contributed by atoms with Gasteiger partial charge in [0.15, 0.2) is 11.5 Å². The molecule has 0 bridgehead atoms. The maximum Gasteiger partial charge on any atom is 0.260 e. The van der Waals surface area contributed by atoms with Crippen molar-refractivity contribution in [3.8, 4) is 11.5 Å². The normalized spacial score (nSPS) is 14.9. The van der Waals surface area contributed by atoms with Crippen LogP contribution in [0.3, 0.4) is 0 Å². The third kappa shape index (κ3) is 1.65. The second kappa shape index (κ2) is 4.59. The lowest BCUT2D eigenvalue weighted by Crippen LogP contribution is -2.31. The number of benzene rings is 2. The van der Waals surface area contributed by atoms with Crippen molar-refractivity contribution in [2.75, 3.05) is 14.2 Å². The molecular formula is C17H14N2O3. The third-order valence-electron chi connectivity index (χ3n) is 4.04. The number of carbonyl (C=O) groups excluding carboxylic acids is 1. The molecule has 0 unspecified atom stereocenters. The van der Waals surface area contributed by atoms with Crippen LogP contribution in [-0.4, -0.2) is 30.9 Å². The minimum absolute atomic E-state index is 0.0517. The van der Waals surface area contributed by atoms with Crippen LogP contribution in [0.15, 0.2) is 41.4 Å². The zero-order chi connectivity index (χ0) is 15.3. The van der Waals surface area contributed by atoms with E-state index in [0.29, 0.717) is 29.4 Å². The predicted octanol–water partition coefficient (Wildman–Crippen LogP) is 2.75. The summed E-state index contributed by atoms with van der Waals surface area (Å²) in [4.78, 5) is 19.0. The van der Waals surface area contributed by atoms with E-state index >= 15 is 0 Å². The van der Waals surface area contributed by atoms with Crippen LogP contribution in [-0.2, 0) is 6.54 Å². The zero-order valence-electron chi connectivity index (χ0n) is 12.3. The van der Waals surface area contributed by atoms with Crippen LogP contribution < -0.4 is 9.47 Å². The van der Waals surface area contributed by atoms with Crippen LogP contribution in [0.5, 0.6) is 11.5 Å². The predicted molar refractivity (Wildman–Crippen MR) is 82.1 cm³/mol. The fourth-order valence-electron chi connectivity index (χ4n) is 2.93. The standard InChI is InChI=1S/C17H14N2O3/c1-21-14-7-11-12(8-15(14)22-2)17(20)19-9-10-5-3-4-6-13(10)18-16(11)19/h3-8H,9H2,1-2H3. The Morgan fingerprint density at radius 3 is 2.45 bits per heavy atom. The molecule has 0 N–H and O–H groups in total. The van der Waals surface area contributed by atoms with E-state index in [1.54, 1.807) is 25.2 Å². The summed E-state index contributed by atoms with van der Waals surface area (Å²) in [7, 11) is 3.14. The van der Waals surface area contributed by atoms with Gasteiger partial charge < -0.3 is 9.47 Å². The van der Waals surface area contributed by atoms with Gasteiger partial charge in [-0.1, -0.05) is 18.2 Å². The molecule has 0 aromatic heterocycles. The van der Waals surface area contributed by atoms with E-state index in [1.165, 1.54) is 0 Å². The Kier molecular flexibility index (Phi) is 2.69. The first-order valence-corrected chi connectivity index (χ1v) is 6.98. The molecule has 2 aromatic carbocycles. The highest BCUT2D eigenvalue weighted by Gasteiger charge is 2.37. The number of methoxy groups -OCH3 is 2. The van der Waals surface area contributed by atoms with E-state index in [-0.39, 0.29) is 5.91 Å². The molecule has 1 amide bonds. The van der Waals surface area contributed by atoms with Gasteiger partial charge in [-0.25, -0.2) is 4.99 Å². The number of nitrogens with zero attached hydrogens (tertiary/aromatic N) is 2. The summed E-state index contributed by atoms with van der Waals surface area (Å²) in [5.41, 5.74) is 3.34. The summed E-state index contributed by atoms with van der Waals surface area (Å²) in [6.45, 7) is 0.535. The number of amidine groups is 1. The van der Waals surface area contributed by atoms with E-state index in [1.807, 2.05) is 30.3 Å². The molecule has 4 rings (SSSR count). The van der Waals surface area contributed by atoms with E-state index < -0.39 is 0 Å².